The first-order chi connectivity index (χ1) is 15.6. The number of anilines is 1. The van der Waals surface area contributed by atoms with Crippen LogP contribution in [0.1, 0.15) is 25.3 Å². The van der Waals surface area contributed by atoms with Crippen molar-refractivity contribution in [3.8, 4) is 23.2 Å². The first-order valence-electron chi connectivity index (χ1n) is 10.7. The lowest BCUT2D eigenvalue weighted by Gasteiger charge is -2.15. The van der Waals surface area contributed by atoms with E-state index in [1.165, 1.54) is 6.07 Å². The molecule has 0 saturated heterocycles. The summed E-state index contributed by atoms with van der Waals surface area (Å²) in [4.78, 5) is 13.0. The molecule has 4 aromatic rings. The van der Waals surface area contributed by atoms with Crippen molar-refractivity contribution in [3.05, 3.63) is 90.2 Å². The number of carbonyl (C=O) groups is 1. The van der Waals surface area contributed by atoms with Gasteiger partial charge in [0.2, 0.25) is 5.91 Å². The Hall–Kier alpha value is -3.84. The van der Waals surface area contributed by atoms with Crippen LogP contribution in [0.15, 0.2) is 83.3 Å². The number of para-hydroxylation sites is 1. The highest BCUT2D eigenvalue weighted by atomic mass is 19.1. The number of amides is 1. The summed E-state index contributed by atoms with van der Waals surface area (Å²) in [6.07, 6.45) is 1.70. The molecule has 32 heavy (non-hydrogen) atoms. The maximum atomic E-state index is 14.9. The molecule has 3 nitrogen and oxygen atoms in total. The Morgan fingerprint density at radius 3 is 2.53 bits per heavy atom. The van der Waals surface area contributed by atoms with Gasteiger partial charge in [-0.1, -0.05) is 55.5 Å². The number of hydrogen-bond donors (Lipinski definition) is 1. The van der Waals surface area contributed by atoms with Gasteiger partial charge in [-0.05, 0) is 42.3 Å². The second kappa shape index (κ2) is 9.98. The molecule has 0 aliphatic carbocycles. The van der Waals surface area contributed by atoms with Crippen LogP contribution < -0.4 is 5.32 Å². The Morgan fingerprint density at radius 2 is 1.78 bits per heavy atom. The molecule has 160 valence electrons. The molecule has 0 aliphatic heterocycles. The van der Waals surface area contributed by atoms with Gasteiger partial charge in [0.05, 0.1) is 11.6 Å². The Labute approximate surface area is 187 Å². The van der Waals surface area contributed by atoms with Crippen LogP contribution in [-0.4, -0.2) is 5.91 Å². The van der Waals surface area contributed by atoms with E-state index in [4.69, 9.17) is 4.42 Å². The highest BCUT2D eigenvalue weighted by Crippen LogP contribution is 2.30. The van der Waals surface area contributed by atoms with Crippen molar-refractivity contribution in [1.29, 1.82) is 0 Å². The quantitative estimate of drug-likeness (QED) is 0.344. The Balaban J connectivity index is 1.52. The fourth-order valence-electron chi connectivity index (χ4n) is 3.61. The fourth-order valence-corrected chi connectivity index (χ4v) is 3.61. The van der Waals surface area contributed by atoms with Gasteiger partial charge in [-0.25, -0.2) is 4.39 Å². The van der Waals surface area contributed by atoms with Gasteiger partial charge in [-0.3, -0.25) is 4.79 Å². The molecular weight excluding hydrogens is 401 g/mol. The molecule has 4 heteroatoms. The molecule has 1 amide bonds. The van der Waals surface area contributed by atoms with Gasteiger partial charge >= 0.3 is 0 Å². The first kappa shape index (κ1) is 21.4. The molecular formula is C28H24FNO2. The molecule has 1 aromatic heterocycles. The zero-order valence-corrected chi connectivity index (χ0v) is 17.9. The van der Waals surface area contributed by atoms with Crippen LogP contribution >= 0.6 is 0 Å². The average molecular weight is 426 g/mol. The Bertz CT molecular complexity index is 1250. The zero-order chi connectivity index (χ0) is 22.3. The molecule has 0 saturated carbocycles. The number of nitrogens with one attached hydrogen (secondary N) is 1. The summed E-state index contributed by atoms with van der Waals surface area (Å²) in [5.41, 5.74) is 2.56. The van der Waals surface area contributed by atoms with E-state index in [2.05, 4.69) is 17.2 Å². The number of benzene rings is 3. The van der Waals surface area contributed by atoms with Crippen LogP contribution in [0.5, 0.6) is 0 Å². The van der Waals surface area contributed by atoms with E-state index >= 15 is 0 Å². The summed E-state index contributed by atoms with van der Waals surface area (Å²) in [7, 11) is 0. The maximum absolute atomic E-state index is 14.9. The summed E-state index contributed by atoms with van der Waals surface area (Å²) in [5.74, 6) is 5.55. The molecule has 0 fully saturated rings. The summed E-state index contributed by atoms with van der Waals surface area (Å²) in [6.45, 7) is 1.97. The maximum Gasteiger partial charge on any atom is 0.228 e. The number of hydrogen-bond acceptors (Lipinski definition) is 2. The summed E-state index contributed by atoms with van der Waals surface area (Å²) >= 11 is 0. The average Bonchev–Trinajstić information content (AvgIpc) is 3.25. The zero-order valence-electron chi connectivity index (χ0n) is 17.9. The predicted molar refractivity (Wildman–Crippen MR) is 127 cm³/mol. The third-order valence-electron chi connectivity index (χ3n) is 5.28. The third kappa shape index (κ3) is 5.07. The predicted octanol–water partition coefficient (Wildman–Crippen LogP) is 6.84. The number of carbonyl (C=O) groups excluding carboxylic acids is 1. The minimum Gasteiger partial charge on any atom is -0.456 e. The minimum atomic E-state index is -0.505. The van der Waals surface area contributed by atoms with Crippen molar-refractivity contribution < 1.29 is 13.6 Å². The van der Waals surface area contributed by atoms with Crippen LogP contribution in [0.2, 0.25) is 0 Å². The number of fused-ring (bicyclic) bond motifs is 1. The molecule has 0 aliphatic rings. The van der Waals surface area contributed by atoms with Crippen LogP contribution in [0.4, 0.5) is 10.1 Å². The topological polar surface area (TPSA) is 42.2 Å². The Morgan fingerprint density at radius 1 is 1.00 bits per heavy atom. The van der Waals surface area contributed by atoms with Crippen molar-refractivity contribution in [1.82, 2.24) is 0 Å². The number of furan rings is 1. The van der Waals surface area contributed by atoms with Crippen molar-refractivity contribution in [2.24, 2.45) is 5.92 Å². The van der Waals surface area contributed by atoms with Gasteiger partial charge in [0.15, 0.2) is 0 Å². The molecule has 1 unspecified atom stereocenters. The van der Waals surface area contributed by atoms with E-state index in [0.717, 1.165) is 23.0 Å². The van der Waals surface area contributed by atoms with Crippen molar-refractivity contribution in [2.45, 2.75) is 26.2 Å². The molecule has 0 spiro atoms. The van der Waals surface area contributed by atoms with E-state index in [0.29, 0.717) is 24.2 Å². The molecule has 1 N–H and O–H groups in total. The van der Waals surface area contributed by atoms with Gasteiger partial charge in [-0.15, -0.1) is 11.8 Å². The second-order valence-electron chi connectivity index (χ2n) is 7.63. The minimum absolute atomic E-state index is 0.149. The standard InChI is InChI=1S/C28H24FNO2/c1-2-3-5-13-23(17-20-10-6-4-7-11-20)28(31)30-25-16-15-22(18-24(25)29)27-19-21-12-8-9-14-26(21)32-27/h4,6-12,14-16,18-19,23H,2,13,17H2,1H3,(H,30,31). The molecule has 4 rings (SSSR count). The van der Waals surface area contributed by atoms with Gasteiger partial charge < -0.3 is 9.73 Å². The summed E-state index contributed by atoms with van der Waals surface area (Å²) in [5, 5.41) is 3.71. The molecule has 1 heterocycles. The highest BCUT2D eigenvalue weighted by molar-refractivity contribution is 5.93. The van der Waals surface area contributed by atoms with Gasteiger partial charge in [-0.2, -0.15) is 0 Å². The number of halogens is 1. The normalized spacial score (nSPS) is 11.6. The van der Waals surface area contributed by atoms with Crippen molar-refractivity contribution in [3.63, 3.8) is 0 Å². The lowest BCUT2D eigenvalue weighted by Crippen LogP contribution is -2.25. The van der Waals surface area contributed by atoms with Crippen LogP contribution in [0.25, 0.3) is 22.3 Å². The Kier molecular flexibility index (Phi) is 6.67. The van der Waals surface area contributed by atoms with Gasteiger partial charge in [0.25, 0.3) is 0 Å². The van der Waals surface area contributed by atoms with Crippen molar-refractivity contribution >= 4 is 22.6 Å². The van der Waals surface area contributed by atoms with E-state index in [9.17, 15) is 9.18 Å². The lowest BCUT2D eigenvalue weighted by molar-refractivity contribution is -0.119. The molecule has 1 atom stereocenters. The SMILES string of the molecule is CCC#CCC(Cc1ccccc1)C(=O)Nc1ccc(-c2cc3ccccc3o2)cc1F. The molecule has 0 radical (unpaired) electrons. The lowest BCUT2D eigenvalue weighted by atomic mass is 9.95. The van der Waals surface area contributed by atoms with Crippen molar-refractivity contribution in [2.75, 3.05) is 5.32 Å². The van der Waals surface area contributed by atoms with E-state index in [1.54, 1.807) is 12.1 Å². The number of rotatable bonds is 6. The summed E-state index contributed by atoms with van der Waals surface area (Å²) < 4.78 is 20.7. The molecule has 0 bridgehead atoms. The van der Waals surface area contributed by atoms with Crippen LogP contribution in [-0.2, 0) is 11.2 Å². The third-order valence-corrected chi connectivity index (χ3v) is 5.28. The highest BCUT2D eigenvalue weighted by Gasteiger charge is 2.20. The van der Waals surface area contributed by atoms with Crippen LogP contribution in [0.3, 0.4) is 0 Å². The fraction of sp³-hybridized carbons (Fsp3) is 0.179. The largest absolute Gasteiger partial charge is 0.456 e. The molecule has 3 aromatic carbocycles. The van der Waals surface area contributed by atoms with E-state index in [1.807, 2.05) is 67.6 Å². The summed E-state index contributed by atoms with van der Waals surface area (Å²) in [6, 6.07) is 24.0. The smallest absolute Gasteiger partial charge is 0.228 e. The van der Waals surface area contributed by atoms with Crippen LogP contribution in [0, 0.1) is 23.6 Å². The first-order valence-corrected chi connectivity index (χ1v) is 10.7. The van der Waals surface area contributed by atoms with E-state index < -0.39 is 5.82 Å². The van der Waals surface area contributed by atoms with Gasteiger partial charge in [0.1, 0.15) is 17.2 Å². The van der Waals surface area contributed by atoms with Gasteiger partial charge in [0, 0.05) is 23.8 Å². The van der Waals surface area contributed by atoms with E-state index in [-0.39, 0.29) is 17.5 Å². The monoisotopic (exact) mass is 425 g/mol. The second-order valence-corrected chi connectivity index (χ2v) is 7.63.